The summed E-state index contributed by atoms with van der Waals surface area (Å²) in [5.41, 5.74) is 5.61. The van der Waals surface area contributed by atoms with Crippen LogP contribution in [0, 0.1) is 5.92 Å². The molecule has 19 heavy (non-hydrogen) atoms. The van der Waals surface area contributed by atoms with Gasteiger partial charge >= 0.3 is 0 Å². The average Bonchev–Trinajstić information content (AvgIpc) is 2.85. The number of hydrogen-bond acceptors (Lipinski definition) is 3. The van der Waals surface area contributed by atoms with Crippen LogP contribution in [0.1, 0.15) is 38.9 Å². The summed E-state index contributed by atoms with van der Waals surface area (Å²) >= 11 is 4.94. The van der Waals surface area contributed by atoms with Gasteiger partial charge in [0.1, 0.15) is 5.76 Å². The van der Waals surface area contributed by atoms with Crippen LogP contribution in [0.3, 0.4) is 0 Å². The summed E-state index contributed by atoms with van der Waals surface area (Å²) in [7, 11) is 0. The van der Waals surface area contributed by atoms with Crippen LogP contribution in [-0.4, -0.2) is 16.9 Å². The maximum atomic E-state index is 12.0. The molecular formula is C14H22N2O2S. The van der Waals surface area contributed by atoms with Gasteiger partial charge in [-0.25, -0.2) is 0 Å². The lowest BCUT2D eigenvalue weighted by atomic mass is 10.0. The Labute approximate surface area is 119 Å². The zero-order chi connectivity index (χ0) is 14.3. The van der Waals surface area contributed by atoms with Crippen LogP contribution in [0.15, 0.2) is 22.8 Å². The Morgan fingerprint density at radius 1 is 1.53 bits per heavy atom. The van der Waals surface area contributed by atoms with Gasteiger partial charge in [0.2, 0.25) is 5.91 Å². The molecule has 0 radical (unpaired) electrons. The van der Waals surface area contributed by atoms with E-state index in [-0.39, 0.29) is 22.9 Å². The van der Waals surface area contributed by atoms with E-state index in [0.717, 1.165) is 25.0 Å². The third kappa shape index (κ3) is 5.42. The van der Waals surface area contributed by atoms with Crippen LogP contribution in [0.4, 0.5) is 0 Å². The second-order valence-corrected chi connectivity index (χ2v) is 5.24. The number of carbonyl (C=O) groups is 1. The summed E-state index contributed by atoms with van der Waals surface area (Å²) in [6, 6.07) is 3.87. The first-order chi connectivity index (χ1) is 9.04. The first kappa shape index (κ1) is 15.7. The predicted molar refractivity (Wildman–Crippen MR) is 79.8 cm³/mol. The molecule has 0 aromatic carbocycles. The SMILES string of the molecule is CCCC(C(=O)NC(C)CCc1ccco1)C(N)=S. The van der Waals surface area contributed by atoms with Crippen molar-refractivity contribution in [3.63, 3.8) is 0 Å². The topological polar surface area (TPSA) is 68.3 Å². The highest BCUT2D eigenvalue weighted by Crippen LogP contribution is 2.09. The molecule has 1 aromatic heterocycles. The number of rotatable bonds is 8. The van der Waals surface area contributed by atoms with Crippen LogP contribution in [0.25, 0.3) is 0 Å². The van der Waals surface area contributed by atoms with Crippen molar-refractivity contribution in [1.29, 1.82) is 0 Å². The van der Waals surface area contributed by atoms with Gasteiger partial charge in [0.25, 0.3) is 0 Å². The Balaban J connectivity index is 2.39. The fourth-order valence-corrected chi connectivity index (χ4v) is 2.15. The van der Waals surface area contributed by atoms with Gasteiger partial charge in [-0.3, -0.25) is 4.79 Å². The van der Waals surface area contributed by atoms with E-state index in [0.29, 0.717) is 6.42 Å². The number of aryl methyl sites for hydroxylation is 1. The van der Waals surface area contributed by atoms with Crippen molar-refractivity contribution in [3.05, 3.63) is 24.2 Å². The number of furan rings is 1. The highest BCUT2D eigenvalue weighted by atomic mass is 32.1. The molecule has 1 aromatic rings. The van der Waals surface area contributed by atoms with Gasteiger partial charge in [0.05, 0.1) is 17.2 Å². The van der Waals surface area contributed by atoms with E-state index in [9.17, 15) is 4.79 Å². The molecule has 3 N–H and O–H groups in total. The van der Waals surface area contributed by atoms with Crippen molar-refractivity contribution in [2.45, 2.75) is 45.6 Å². The molecule has 106 valence electrons. The first-order valence-electron chi connectivity index (χ1n) is 6.66. The molecule has 1 heterocycles. The number of carbonyl (C=O) groups excluding carboxylic acids is 1. The predicted octanol–water partition coefficient (Wildman–Crippen LogP) is 2.42. The summed E-state index contributed by atoms with van der Waals surface area (Å²) in [4.78, 5) is 12.3. The van der Waals surface area contributed by atoms with E-state index in [2.05, 4.69) is 5.32 Å². The lowest BCUT2D eigenvalue weighted by Crippen LogP contribution is -2.42. The van der Waals surface area contributed by atoms with Crippen LogP contribution in [0.5, 0.6) is 0 Å². The second-order valence-electron chi connectivity index (χ2n) is 4.77. The lowest BCUT2D eigenvalue weighted by Gasteiger charge is -2.18. The molecule has 0 saturated heterocycles. The number of nitrogens with two attached hydrogens (primary N) is 1. The third-order valence-corrected chi connectivity index (χ3v) is 3.31. The Kier molecular flexibility index (Phi) is 6.56. The Bertz CT molecular complexity index is 404. The summed E-state index contributed by atoms with van der Waals surface area (Å²) in [5.74, 6) is 0.507. The normalized spacial score (nSPS) is 13.8. The maximum absolute atomic E-state index is 12.0. The quantitative estimate of drug-likeness (QED) is 0.719. The van der Waals surface area contributed by atoms with Crippen molar-refractivity contribution in [3.8, 4) is 0 Å². The molecule has 0 fully saturated rings. The summed E-state index contributed by atoms with van der Waals surface area (Å²) in [5, 5.41) is 2.96. The zero-order valence-corrected chi connectivity index (χ0v) is 12.3. The molecule has 2 atom stereocenters. The molecule has 0 saturated carbocycles. The fraction of sp³-hybridized carbons (Fsp3) is 0.571. The van der Waals surface area contributed by atoms with Gasteiger partial charge in [-0.15, -0.1) is 0 Å². The lowest BCUT2D eigenvalue weighted by molar-refractivity contribution is -0.123. The third-order valence-electron chi connectivity index (χ3n) is 3.03. The van der Waals surface area contributed by atoms with E-state index in [4.69, 9.17) is 22.4 Å². The highest BCUT2D eigenvalue weighted by molar-refractivity contribution is 7.80. The van der Waals surface area contributed by atoms with Gasteiger partial charge in [-0.2, -0.15) is 0 Å². The van der Waals surface area contributed by atoms with Crippen molar-refractivity contribution >= 4 is 23.1 Å². The molecule has 4 nitrogen and oxygen atoms in total. The highest BCUT2D eigenvalue weighted by Gasteiger charge is 2.21. The number of hydrogen-bond donors (Lipinski definition) is 2. The van der Waals surface area contributed by atoms with Gasteiger partial charge in [-0.05, 0) is 31.9 Å². The largest absolute Gasteiger partial charge is 0.469 e. The summed E-state index contributed by atoms with van der Waals surface area (Å²) in [6.07, 6.45) is 4.88. The smallest absolute Gasteiger partial charge is 0.230 e. The summed E-state index contributed by atoms with van der Waals surface area (Å²) in [6.45, 7) is 3.99. The molecule has 0 aliphatic rings. The van der Waals surface area contributed by atoms with E-state index in [1.807, 2.05) is 26.0 Å². The standard InChI is InChI=1S/C14H22N2O2S/c1-3-5-12(13(15)19)14(17)16-10(2)7-8-11-6-4-9-18-11/h4,6,9-10,12H,3,5,7-8H2,1-2H3,(H2,15,19)(H,16,17). The molecule has 0 bridgehead atoms. The van der Waals surface area contributed by atoms with Gasteiger partial charge in [-0.1, -0.05) is 25.6 Å². The van der Waals surface area contributed by atoms with Crippen molar-refractivity contribution in [2.75, 3.05) is 0 Å². The molecular weight excluding hydrogens is 260 g/mol. The number of thiocarbonyl (C=S) groups is 1. The fourth-order valence-electron chi connectivity index (χ4n) is 1.92. The van der Waals surface area contributed by atoms with Crippen molar-refractivity contribution in [1.82, 2.24) is 5.32 Å². The molecule has 0 aliphatic carbocycles. The molecule has 1 amide bonds. The minimum atomic E-state index is -0.355. The van der Waals surface area contributed by atoms with Crippen molar-refractivity contribution in [2.24, 2.45) is 11.7 Å². The molecule has 0 spiro atoms. The van der Waals surface area contributed by atoms with Crippen LogP contribution >= 0.6 is 12.2 Å². The molecule has 0 aliphatic heterocycles. The molecule has 2 unspecified atom stereocenters. The minimum absolute atomic E-state index is 0.0682. The molecule has 1 rings (SSSR count). The Morgan fingerprint density at radius 3 is 2.79 bits per heavy atom. The van der Waals surface area contributed by atoms with Crippen LogP contribution in [0.2, 0.25) is 0 Å². The van der Waals surface area contributed by atoms with E-state index in [1.54, 1.807) is 6.26 Å². The zero-order valence-electron chi connectivity index (χ0n) is 11.5. The minimum Gasteiger partial charge on any atom is -0.469 e. The number of nitrogens with one attached hydrogen (secondary N) is 1. The maximum Gasteiger partial charge on any atom is 0.230 e. The Hall–Kier alpha value is -1.36. The second kappa shape index (κ2) is 7.94. The van der Waals surface area contributed by atoms with E-state index in [1.165, 1.54) is 0 Å². The van der Waals surface area contributed by atoms with E-state index < -0.39 is 0 Å². The van der Waals surface area contributed by atoms with E-state index >= 15 is 0 Å². The average molecular weight is 282 g/mol. The van der Waals surface area contributed by atoms with Crippen LogP contribution < -0.4 is 11.1 Å². The Morgan fingerprint density at radius 2 is 2.26 bits per heavy atom. The summed E-state index contributed by atoms with van der Waals surface area (Å²) < 4.78 is 5.26. The van der Waals surface area contributed by atoms with Gasteiger partial charge < -0.3 is 15.5 Å². The van der Waals surface area contributed by atoms with Crippen LogP contribution in [-0.2, 0) is 11.2 Å². The first-order valence-corrected chi connectivity index (χ1v) is 7.07. The monoisotopic (exact) mass is 282 g/mol. The van der Waals surface area contributed by atoms with Crippen molar-refractivity contribution < 1.29 is 9.21 Å². The molecule has 5 heteroatoms. The van der Waals surface area contributed by atoms with Gasteiger partial charge in [0.15, 0.2) is 0 Å². The number of amides is 1. The van der Waals surface area contributed by atoms with Gasteiger partial charge in [0, 0.05) is 12.5 Å².